The zero-order valence-electron chi connectivity index (χ0n) is 15.2. The van der Waals surface area contributed by atoms with E-state index < -0.39 is 11.6 Å². The van der Waals surface area contributed by atoms with E-state index in [0.29, 0.717) is 41.4 Å². The Morgan fingerprint density at radius 2 is 2.14 bits per heavy atom. The Kier molecular flexibility index (Phi) is 5.04. The van der Waals surface area contributed by atoms with Crippen molar-refractivity contribution in [1.82, 2.24) is 19.3 Å². The van der Waals surface area contributed by atoms with Gasteiger partial charge in [0.25, 0.3) is 0 Å². The molecule has 0 N–H and O–H groups in total. The fourth-order valence-corrected chi connectivity index (χ4v) is 3.83. The predicted molar refractivity (Wildman–Crippen MR) is 107 cm³/mol. The number of hydrogen-bond acceptors (Lipinski definition) is 4. The van der Waals surface area contributed by atoms with E-state index in [1.54, 1.807) is 23.2 Å². The summed E-state index contributed by atoms with van der Waals surface area (Å²) in [5, 5.41) is 4.66. The van der Waals surface area contributed by atoms with Gasteiger partial charge in [-0.1, -0.05) is 6.08 Å². The first-order valence-corrected chi connectivity index (χ1v) is 9.41. The van der Waals surface area contributed by atoms with Crippen LogP contribution in [0.1, 0.15) is 12.0 Å². The van der Waals surface area contributed by atoms with Crippen LogP contribution in [-0.4, -0.2) is 25.9 Å². The largest absolute Gasteiger partial charge is 0.349 e. The highest BCUT2D eigenvalue weighted by molar-refractivity contribution is 7.71. The van der Waals surface area contributed by atoms with Crippen molar-refractivity contribution in [3.8, 4) is 11.4 Å². The van der Waals surface area contributed by atoms with Crippen molar-refractivity contribution in [2.24, 2.45) is 0 Å². The maximum absolute atomic E-state index is 14.5. The summed E-state index contributed by atoms with van der Waals surface area (Å²) in [6.07, 6.45) is 6.63. The molecule has 0 radical (unpaired) electrons. The van der Waals surface area contributed by atoms with Crippen molar-refractivity contribution in [3.05, 3.63) is 71.3 Å². The molecular formula is C20H19F2N5S. The van der Waals surface area contributed by atoms with E-state index in [2.05, 4.69) is 16.7 Å². The summed E-state index contributed by atoms with van der Waals surface area (Å²) in [5.74, 6) is -0.433. The van der Waals surface area contributed by atoms with Gasteiger partial charge in [0, 0.05) is 37.1 Å². The molecular weight excluding hydrogens is 380 g/mol. The van der Waals surface area contributed by atoms with Gasteiger partial charge in [0.2, 0.25) is 0 Å². The molecule has 0 amide bonds. The SMILES string of the molecule is C=CCn1c(-c2cccnc2)nn(CN2CCCc3cc(F)cc(F)c32)c1=S. The number of pyridine rings is 1. The molecule has 0 saturated heterocycles. The lowest BCUT2D eigenvalue weighted by Gasteiger charge is -2.31. The molecule has 2 aromatic heterocycles. The van der Waals surface area contributed by atoms with Crippen LogP contribution in [-0.2, 0) is 19.6 Å². The van der Waals surface area contributed by atoms with Crippen LogP contribution in [0.15, 0.2) is 49.3 Å². The second-order valence-corrected chi connectivity index (χ2v) is 7.02. The fourth-order valence-electron chi connectivity index (χ4n) is 3.57. The third-order valence-corrected chi connectivity index (χ3v) is 5.19. The van der Waals surface area contributed by atoms with Gasteiger partial charge >= 0.3 is 0 Å². The van der Waals surface area contributed by atoms with Crippen LogP contribution >= 0.6 is 12.2 Å². The zero-order valence-corrected chi connectivity index (χ0v) is 16.0. The zero-order chi connectivity index (χ0) is 19.7. The molecule has 0 saturated carbocycles. The summed E-state index contributed by atoms with van der Waals surface area (Å²) in [4.78, 5) is 6.01. The van der Waals surface area contributed by atoms with Gasteiger partial charge < -0.3 is 4.90 Å². The summed E-state index contributed by atoms with van der Waals surface area (Å²) in [5.41, 5.74) is 1.94. The van der Waals surface area contributed by atoms with Crippen LogP contribution in [0.4, 0.5) is 14.5 Å². The summed E-state index contributed by atoms with van der Waals surface area (Å²) < 4.78 is 32.1. The van der Waals surface area contributed by atoms with E-state index in [9.17, 15) is 8.78 Å². The normalized spacial score (nSPS) is 13.4. The highest BCUT2D eigenvalue weighted by Gasteiger charge is 2.23. The highest BCUT2D eigenvalue weighted by atomic mass is 32.1. The number of anilines is 1. The molecule has 0 spiro atoms. The lowest BCUT2D eigenvalue weighted by atomic mass is 10.0. The number of hydrogen-bond donors (Lipinski definition) is 0. The maximum atomic E-state index is 14.5. The van der Waals surface area contributed by atoms with Crippen LogP contribution in [0.3, 0.4) is 0 Å². The molecule has 1 aliphatic rings. The van der Waals surface area contributed by atoms with E-state index in [0.717, 1.165) is 18.1 Å². The van der Waals surface area contributed by atoms with Crippen molar-refractivity contribution in [2.75, 3.05) is 11.4 Å². The minimum absolute atomic E-state index is 0.284. The lowest BCUT2D eigenvalue weighted by Crippen LogP contribution is -2.33. The van der Waals surface area contributed by atoms with Gasteiger partial charge in [0.05, 0.1) is 5.69 Å². The Morgan fingerprint density at radius 1 is 1.29 bits per heavy atom. The molecule has 28 heavy (non-hydrogen) atoms. The Hall–Kier alpha value is -2.87. The summed E-state index contributed by atoms with van der Waals surface area (Å²) in [6, 6.07) is 6.07. The first-order chi connectivity index (χ1) is 13.6. The maximum Gasteiger partial charge on any atom is 0.200 e. The monoisotopic (exact) mass is 399 g/mol. The Balaban J connectivity index is 1.74. The van der Waals surface area contributed by atoms with Crippen LogP contribution in [0, 0.1) is 16.4 Å². The second kappa shape index (κ2) is 7.63. The van der Waals surface area contributed by atoms with Gasteiger partial charge in [-0.2, -0.15) is 0 Å². The molecule has 0 unspecified atom stereocenters. The van der Waals surface area contributed by atoms with Gasteiger partial charge in [-0.15, -0.1) is 11.7 Å². The number of fused-ring (bicyclic) bond motifs is 1. The van der Waals surface area contributed by atoms with E-state index in [-0.39, 0.29) is 6.67 Å². The first-order valence-electron chi connectivity index (χ1n) is 9.00. The van der Waals surface area contributed by atoms with Crippen LogP contribution in [0.25, 0.3) is 11.4 Å². The number of allylic oxidation sites excluding steroid dienone is 1. The van der Waals surface area contributed by atoms with Crippen LogP contribution < -0.4 is 4.90 Å². The number of nitrogens with zero attached hydrogens (tertiary/aromatic N) is 5. The first kappa shape index (κ1) is 18.5. The highest BCUT2D eigenvalue weighted by Crippen LogP contribution is 2.31. The Bertz CT molecular complexity index is 1070. The van der Waals surface area contributed by atoms with Crippen molar-refractivity contribution in [3.63, 3.8) is 0 Å². The quantitative estimate of drug-likeness (QED) is 0.472. The number of rotatable bonds is 5. The third kappa shape index (κ3) is 3.35. The minimum Gasteiger partial charge on any atom is -0.349 e. The smallest absolute Gasteiger partial charge is 0.200 e. The summed E-state index contributed by atoms with van der Waals surface area (Å²) >= 11 is 5.61. The predicted octanol–water partition coefficient (Wildman–Crippen LogP) is 4.35. The van der Waals surface area contributed by atoms with Crippen LogP contribution in [0.5, 0.6) is 0 Å². The number of aromatic nitrogens is 4. The summed E-state index contributed by atoms with van der Waals surface area (Å²) in [6.45, 7) is 5.22. The molecule has 4 rings (SSSR count). The van der Waals surface area contributed by atoms with Gasteiger partial charge in [-0.3, -0.25) is 9.55 Å². The number of aryl methyl sites for hydroxylation is 1. The molecule has 8 heteroatoms. The number of halogens is 2. The molecule has 0 atom stereocenters. The topological polar surface area (TPSA) is 38.9 Å². The molecule has 144 valence electrons. The Labute approximate surface area is 166 Å². The second-order valence-electron chi connectivity index (χ2n) is 6.65. The standard InChI is InChI=1S/C20H19F2N5S/c1-2-8-26-19(15-5-3-7-23-12-15)24-27(20(26)28)13-25-9-4-6-14-10-16(21)11-17(22)18(14)25/h2-3,5,7,10-12H,1,4,6,8-9,13H2. The van der Waals surface area contributed by atoms with E-state index >= 15 is 0 Å². The molecule has 3 aromatic rings. The van der Waals surface area contributed by atoms with Gasteiger partial charge in [0.15, 0.2) is 10.6 Å². The molecule has 1 aromatic carbocycles. The van der Waals surface area contributed by atoms with E-state index in [4.69, 9.17) is 12.2 Å². The average molecular weight is 399 g/mol. The Morgan fingerprint density at radius 3 is 2.89 bits per heavy atom. The van der Waals surface area contributed by atoms with Crippen LogP contribution in [0.2, 0.25) is 0 Å². The average Bonchev–Trinajstić information content (AvgIpc) is 2.98. The minimum atomic E-state index is -0.556. The molecule has 0 fully saturated rings. The van der Waals surface area contributed by atoms with E-state index in [1.165, 1.54) is 6.07 Å². The lowest BCUT2D eigenvalue weighted by molar-refractivity contribution is 0.516. The van der Waals surface area contributed by atoms with Crippen molar-refractivity contribution >= 4 is 17.9 Å². The third-order valence-electron chi connectivity index (χ3n) is 4.76. The number of benzene rings is 1. The molecule has 5 nitrogen and oxygen atoms in total. The van der Waals surface area contributed by atoms with Gasteiger partial charge in [-0.25, -0.2) is 13.5 Å². The van der Waals surface area contributed by atoms with Crippen molar-refractivity contribution in [2.45, 2.75) is 26.1 Å². The fraction of sp³-hybridized carbons (Fsp3) is 0.250. The van der Waals surface area contributed by atoms with Gasteiger partial charge in [-0.05, 0) is 48.8 Å². The van der Waals surface area contributed by atoms with Gasteiger partial charge in [0.1, 0.15) is 18.3 Å². The van der Waals surface area contributed by atoms with E-state index in [1.807, 2.05) is 21.6 Å². The molecule has 1 aliphatic heterocycles. The summed E-state index contributed by atoms with van der Waals surface area (Å²) in [7, 11) is 0. The molecule has 3 heterocycles. The van der Waals surface area contributed by atoms with Crippen molar-refractivity contribution in [1.29, 1.82) is 0 Å². The molecule has 0 aliphatic carbocycles. The van der Waals surface area contributed by atoms with Crippen molar-refractivity contribution < 1.29 is 8.78 Å². The molecule has 0 bridgehead atoms.